The maximum Gasteiger partial charge on any atom is 0.268 e. The van der Waals surface area contributed by atoms with Crippen molar-refractivity contribution in [3.05, 3.63) is 93.5 Å². The number of aliphatic hydroxyl groups excluding tert-OH is 1. The van der Waals surface area contributed by atoms with Crippen LogP contribution in [0.3, 0.4) is 0 Å². The number of hydrogen-bond acceptors (Lipinski definition) is 4. The number of rotatable bonds is 5. The van der Waals surface area contributed by atoms with Gasteiger partial charge in [-0.3, -0.25) is 0 Å². The van der Waals surface area contributed by atoms with Crippen LogP contribution in [-0.2, 0) is 0 Å². The van der Waals surface area contributed by atoms with Crippen molar-refractivity contribution in [3.63, 3.8) is 0 Å². The lowest BCUT2D eigenvalue weighted by Gasteiger charge is -2.28. The van der Waals surface area contributed by atoms with Gasteiger partial charge in [0.05, 0.1) is 5.70 Å². The zero-order valence-electron chi connectivity index (χ0n) is 15.5. The molecule has 0 amide bonds. The summed E-state index contributed by atoms with van der Waals surface area (Å²) >= 11 is 7.64. The number of fused-ring (bicyclic) bond motifs is 1. The van der Waals surface area contributed by atoms with Crippen LogP contribution in [0.15, 0.2) is 82.3 Å². The Labute approximate surface area is 177 Å². The van der Waals surface area contributed by atoms with E-state index in [4.69, 9.17) is 11.6 Å². The Morgan fingerprint density at radius 1 is 1.10 bits per heavy atom. The van der Waals surface area contributed by atoms with Gasteiger partial charge >= 0.3 is 0 Å². The average Bonchev–Trinajstić information content (AvgIpc) is 3.09. The van der Waals surface area contributed by atoms with E-state index in [2.05, 4.69) is 16.3 Å². The molecule has 0 saturated carbocycles. The van der Waals surface area contributed by atoms with Crippen molar-refractivity contribution in [2.24, 2.45) is 0 Å². The van der Waals surface area contributed by atoms with Crippen LogP contribution in [0.2, 0.25) is 5.02 Å². The van der Waals surface area contributed by atoms with Gasteiger partial charge in [-0.15, -0.1) is 0 Å². The maximum atomic E-state index is 12.8. The summed E-state index contributed by atoms with van der Waals surface area (Å²) in [6.07, 6.45) is 1.48. The van der Waals surface area contributed by atoms with Gasteiger partial charge in [-0.05, 0) is 41.5 Å². The van der Waals surface area contributed by atoms with Gasteiger partial charge in [-0.1, -0.05) is 53.7 Å². The number of nitrogens with zero attached hydrogens (tertiary/aromatic N) is 1. The average molecular weight is 433 g/mol. The number of alkyl halides is 2. The minimum atomic E-state index is -2.81. The highest BCUT2D eigenvalue weighted by molar-refractivity contribution is 8.03. The molecule has 0 fully saturated rings. The first-order chi connectivity index (χ1) is 13.9. The Balaban J connectivity index is 1.72. The zero-order chi connectivity index (χ0) is 20.5. The summed E-state index contributed by atoms with van der Waals surface area (Å²) in [5.74, 6) is 0. The number of benzene rings is 2. The Morgan fingerprint density at radius 3 is 2.45 bits per heavy atom. The van der Waals surface area contributed by atoms with Crippen molar-refractivity contribution in [2.45, 2.75) is 23.6 Å². The standard InChI is InChI=1S/C22H19ClF2N2OS/c1-27-12-2-3-17-20(29-16-10-8-15(23)9-11-16)18(26-22(17)27)13-4-6-14(7-5-13)19(28)21(24)25/h2-12,19,21-22,26,28H,1H3. The summed E-state index contributed by atoms with van der Waals surface area (Å²) in [6, 6.07) is 14.3. The summed E-state index contributed by atoms with van der Waals surface area (Å²) in [6.45, 7) is 0. The van der Waals surface area contributed by atoms with Gasteiger partial charge in [0.2, 0.25) is 0 Å². The van der Waals surface area contributed by atoms with E-state index >= 15 is 0 Å². The van der Waals surface area contributed by atoms with Gasteiger partial charge in [-0.25, -0.2) is 8.78 Å². The second-order valence-electron chi connectivity index (χ2n) is 6.84. The Morgan fingerprint density at radius 2 is 1.79 bits per heavy atom. The van der Waals surface area contributed by atoms with Crippen LogP contribution in [0.25, 0.3) is 5.70 Å². The molecule has 2 atom stereocenters. The molecular weight excluding hydrogens is 414 g/mol. The van der Waals surface area contributed by atoms with E-state index in [0.29, 0.717) is 5.02 Å². The first-order valence-electron chi connectivity index (χ1n) is 9.05. The minimum absolute atomic E-state index is 0.00358. The van der Waals surface area contributed by atoms with E-state index in [0.717, 1.165) is 26.6 Å². The van der Waals surface area contributed by atoms with Crippen molar-refractivity contribution < 1.29 is 13.9 Å². The second-order valence-corrected chi connectivity index (χ2v) is 8.36. The van der Waals surface area contributed by atoms with Crippen molar-refractivity contribution in [1.82, 2.24) is 10.2 Å². The fraction of sp³-hybridized carbons (Fsp3) is 0.182. The molecule has 0 radical (unpaired) electrons. The molecule has 2 aliphatic heterocycles. The van der Waals surface area contributed by atoms with Gasteiger partial charge in [0.25, 0.3) is 6.43 Å². The van der Waals surface area contributed by atoms with Crippen LogP contribution in [0.5, 0.6) is 0 Å². The van der Waals surface area contributed by atoms with E-state index in [9.17, 15) is 13.9 Å². The fourth-order valence-electron chi connectivity index (χ4n) is 3.34. The van der Waals surface area contributed by atoms with Crippen molar-refractivity contribution in [2.75, 3.05) is 7.05 Å². The monoisotopic (exact) mass is 432 g/mol. The maximum absolute atomic E-state index is 12.8. The number of thioether (sulfide) groups is 1. The largest absolute Gasteiger partial charge is 0.382 e. The summed E-state index contributed by atoms with van der Waals surface area (Å²) < 4.78 is 25.6. The van der Waals surface area contributed by atoms with Crippen LogP contribution in [0.1, 0.15) is 17.2 Å². The molecule has 2 N–H and O–H groups in total. The Hall–Kier alpha value is -2.28. The van der Waals surface area contributed by atoms with Gasteiger partial charge in [0.1, 0.15) is 12.3 Å². The fourth-order valence-corrected chi connectivity index (χ4v) is 4.55. The number of hydrogen-bond donors (Lipinski definition) is 2. The SMILES string of the molecule is CN1C=CC=C2C(Sc3ccc(Cl)cc3)=C(c3ccc(C(O)C(F)F)cc3)NC21. The molecule has 2 unspecified atom stereocenters. The van der Waals surface area contributed by atoms with Crippen LogP contribution in [-0.4, -0.2) is 29.6 Å². The van der Waals surface area contributed by atoms with E-state index in [1.54, 1.807) is 36.0 Å². The molecule has 3 nitrogen and oxygen atoms in total. The summed E-state index contributed by atoms with van der Waals surface area (Å²) in [4.78, 5) is 4.20. The third-order valence-electron chi connectivity index (χ3n) is 4.88. The first-order valence-corrected chi connectivity index (χ1v) is 10.2. The quantitative estimate of drug-likeness (QED) is 0.661. The topological polar surface area (TPSA) is 35.5 Å². The Kier molecular flexibility index (Phi) is 5.67. The highest BCUT2D eigenvalue weighted by Crippen LogP contribution is 2.44. The molecule has 150 valence electrons. The molecule has 7 heteroatoms. The normalized spacial score (nSPS) is 19.3. The highest BCUT2D eigenvalue weighted by Gasteiger charge is 2.33. The summed E-state index contributed by atoms with van der Waals surface area (Å²) in [5.41, 5.74) is 3.14. The van der Waals surface area contributed by atoms with E-state index in [1.165, 1.54) is 0 Å². The molecule has 0 spiro atoms. The number of aliphatic hydroxyl groups is 1. The molecule has 0 aromatic heterocycles. The predicted octanol–water partition coefficient (Wildman–Crippen LogP) is 5.41. The third kappa shape index (κ3) is 4.06. The number of likely N-dealkylation sites (N-methyl/N-ethyl adjacent to an activating group) is 1. The molecule has 29 heavy (non-hydrogen) atoms. The van der Waals surface area contributed by atoms with Gasteiger partial charge < -0.3 is 15.3 Å². The van der Waals surface area contributed by atoms with Crippen molar-refractivity contribution in [1.29, 1.82) is 0 Å². The number of nitrogens with one attached hydrogen (secondary N) is 1. The van der Waals surface area contributed by atoms with Crippen molar-refractivity contribution in [3.8, 4) is 0 Å². The van der Waals surface area contributed by atoms with Gasteiger partial charge in [0, 0.05) is 33.6 Å². The lowest BCUT2D eigenvalue weighted by Crippen LogP contribution is -2.38. The molecule has 0 bridgehead atoms. The zero-order valence-corrected chi connectivity index (χ0v) is 17.1. The van der Waals surface area contributed by atoms with E-state index < -0.39 is 12.5 Å². The smallest absolute Gasteiger partial charge is 0.268 e. The highest BCUT2D eigenvalue weighted by atomic mass is 35.5. The van der Waals surface area contributed by atoms with E-state index in [1.807, 2.05) is 43.6 Å². The molecule has 2 heterocycles. The lowest BCUT2D eigenvalue weighted by molar-refractivity contribution is -0.00578. The minimum Gasteiger partial charge on any atom is -0.382 e. The molecule has 2 aromatic carbocycles. The van der Waals surface area contributed by atoms with Crippen LogP contribution < -0.4 is 5.32 Å². The Bertz CT molecular complexity index is 987. The number of allylic oxidation sites excluding steroid dienone is 2. The molecule has 4 rings (SSSR count). The second kappa shape index (κ2) is 8.22. The van der Waals surface area contributed by atoms with Crippen LogP contribution in [0.4, 0.5) is 8.78 Å². The molecule has 2 aliphatic rings. The molecule has 0 aliphatic carbocycles. The summed E-state index contributed by atoms with van der Waals surface area (Å²) in [7, 11) is 2.00. The van der Waals surface area contributed by atoms with Gasteiger partial charge in [0.15, 0.2) is 0 Å². The first kappa shape index (κ1) is 20.0. The molecule has 2 aromatic rings. The van der Waals surface area contributed by atoms with Gasteiger partial charge in [-0.2, -0.15) is 0 Å². The summed E-state index contributed by atoms with van der Waals surface area (Å²) in [5, 5.41) is 13.8. The van der Waals surface area contributed by atoms with Crippen LogP contribution >= 0.6 is 23.4 Å². The van der Waals surface area contributed by atoms with Crippen molar-refractivity contribution >= 4 is 29.1 Å². The lowest BCUT2D eigenvalue weighted by atomic mass is 10.1. The number of halogens is 3. The predicted molar refractivity (Wildman–Crippen MR) is 114 cm³/mol. The van der Waals surface area contributed by atoms with Crippen LogP contribution in [0, 0.1) is 0 Å². The molecular formula is C22H19ClF2N2OS. The van der Waals surface area contributed by atoms with E-state index in [-0.39, 0.29) is 11.7 Å². The third-order valence-corrected chi connectivity index (χ3v) is 6.29. The molecule has 0 saturated heterocycles.